The van der Waals surface area contributed by atoms with Crippen molar-refractivity contribution in [2.75, 3.05) is 11.9 Å². The fourth-order valence-electron chi connectivity index (χ4n) is 0.991. The summed E-state index contributed by atoms with van der Waals surface area (Å²) in [5, 5.41) is 0.721. The second-order valence-electron chi connectivity index (χ2n) is 2.90. The Hall–Kier alpha value is -0.460. The number of halogens is 2. The van der Waals surface area contributed by atoms with Crippen LogP contribution < -0.4 is 4.72 Å². The van der Waals surface area contributed by atoms with Gasteiger partial charge < -0.3 is 0 Å². The summed E-state index contributed by atoms with van der Waals surface area (Å²) in [6.07, 6.45) is 0.689. The molecule has 0 aliphatic rings. The van der Waals surface area contributed by atoms with Gasteiger partial charge in [0.15, 0.2) is 0 Å². The minimum Gasteiger partial charge on any atom is -0.211 e. The summed E-state index contributed by atoms with van der Waals surface area (Å²) in [4.78, 5) is -0.0444. The molecule has 84 valence electrons. The van der Waals surface area contributed by atoms with Gasteiger partial charge in [-0.25, -0.2) is 17.5 Å². The fraction of sp³-hybridized carbons (Fsp3) is 0.333. The molecule has 0 atom stereocenters. The van der Waals surface area contributed by atoms with Crippen molar-refractivity contribution in [3.8, 4) is 0 Å². The van der Waals surface area contributed by atoms with Crippen LogP contribution in [0.4, 0.5) is 4.39 Å². The number of alkyl halides is 1. The normalized spacial score (nSPS) is 11.6. The first-order chi connectivity index (χ1) is 7.06. The van der Waals surface area contributed by atoms with Gasteiger partial charge in [-0.1, -0.05) is 22.0 Å². The van der Waals surface area contributed by atoms with E-state index in [1.54, 1.807) is 0 Å². The number of sulfonamides is 1. The average Bonchev–Trinajstić information content (AvgIpc) is 2.18. The molecular formula is C9H11BrFNO2S. The van der Waals surface area contributed by atoms with Gasteiger partial charge in [0.2, 0.25) is 10.0 Å². The zero-order valence-corrected chi connectivity index (χ0v) is 10.3. The number of hydrogen-bond acceptors (Lipinski definition) is 2. The molecule has 0 amide bonds. The van der Waals surface area contributed by atoms with Crippen LogP contribution in [0.3, 0.4) is 0 Å². The summed E-state index contributed by atoms with van der Waals surface area (Å²) in [6, 6.07) is 4.93. The van der Waals surface area contributed by atoms with E-state index < -0.39 is 15.8 Å². The van der Waals surface area contributed by atoms with Gasteiger partial charge in [0.1, 0.15) is 5.82 Å². The van der Waals surface area contributed by atoms with E-state index in [4.69, 9.17) is 0 Å². The van der Waals surface area contributed by atoms with E-state index in [0.717, 1.165) is 11.4 Å². The maximum absolute atomic E-state index is 12.8. The summed E-state index contributed by atoms with van der Waals surface area (Å²) in [6.45, 7) is 0.337. The largest absolute Gasteiger partial charge is 0.240 e. The molecule has 0 aromatic heterocycles. The third kappa shape index (κ3) is 3.89. The first-order valence-electron chi connectivity index (χ1n) is 4.37. The Kier molecular flexibility index (Phi) is 4.69. The highest BCUT2D eigenvalue weighted by molar-refractivity contribution is 9.09. The Bertz CT molecular complexity index is 422. The minimum absolute atomic E-state index is 0.0444. The van der Waals surface area contributed by atoms with Gasteiger partial charge in [-0.2, -0.15) is 0 Å². The first kappa shape index (κ1) is 12.6. The van der Waals surface area contributed by atoms with Crippen molar-refractivity contribution < 1.29 is 12.8 Å². The highest BCUT2D eigenvalue weighted by Gasteiger charge is 2.13. The van der Waals surface area contributed by atoms with Crippen molar-refractivity contribution >= 4 is 26.0 Å². The summed E-state index contributed by atoms with van der Waals surface area (Å²) < 4.78 is 38.3. The lowest BCUT2D eigenvalue weighted by Gasteiger charge is -2.05. The second-order valence-corrected chi connectivity index (χ2v) is 5.46. The molecule has 0 saturated carbocycles. The standard InChI is InChI=1S/C9H11BrFNO2S/c10-5-2-6-12-15(13,14)9-4-1-3-8(11)7-9/h1,3-4,7,12H,2,5-6H2. The summed E-state index contributed by atoms with van der Waals surface area (Å²) >= 11 is 3.19. The number of benzene rings is 1. The predicted molar refractivity (Wildman–Crippen MR) is 60.0 cm³/mol. The predicted octanol–water partition coefficient (Wildman–Crippen LogP) is 1.89. The lowest BCUT2D eigenvalue weighted by molar-refractivity contribution is 0.577. The number of rotatable bonds is 5. The lowest BCUT2D eigenvalue weighted by Crippen LogP contribution is -2.25. The van der Waals surface area contributed by atoms with Crippen molar-refractivity contribution in [1.82, 2.24) is 4.72 Å². The SMILES string of the molecule is O=S(=O)(NCCCBr)c1cccc(F)c1. The van der Waals surface area contributed by atoms with Crippen LogP contribution in [0.25, 0.3) is 0 Å². The van der Waals surface area contributed by atoms with Crippen LogP contribution in [-0.4, -0.2) is 20.3 Å². The molecule has 6 heteroatoms. The molecular weight excluding hydrogens is 285 g/mol. The molecule has 0 spiro atoms. The molecule has 0 bridgehead atoms. The Morgan fingerprint density at radius 3 is 2.73 bits per heavy atom. The molecule has 0 aliphatic carbocycles. The van der Waals surface area contributed by atoms with Crippen LogP contribution >= 0.6 is 15.9 Å². The Morgan fingerprint density at radius 2 is 2.13 bits per heavy atom. The quantitative estimate of drug-likeness (QED) is 0.666. The van der Waals surface area contributed by atoms with Gasteiger partial charge in [-0.3, -0.25) is 0 Å². The molecule has 0 fully saturated rings. The van der Waals surface area contributed by atoms with E-state index in [1.807, 2.05) is 0 Å². The van der Waals surface area contributed by atoms with Gasteiger partial charge in [0, 0.05) is 11.9 Å². The van der Waals surface area contributed by atoms with E-state index in [-0.39, 0.29) is 4.90 Å². The van der Waals surface area contributed by atoms with Crippen LogP contribution in [-0.2, 0) is 10.0 Å². The summed E-state index contributed by atoms with van der Waals surface area (Å²) in [5.74, 6) is -0.557. The van der Waals surface area contributed by atoms with Gasteiger partial charge >= 0.3 is 0 Å². The first-order valence-corrected chi connectivity index (χ1v) is 6.98. The summed E-state index contributed by atoms with van der Waals surface area (Å²) in [7, 11) is -3.57. The minimum atomic E-state index is -3.57. The second kappa shape index (κ2) is 5.58. The van der Waals surface area contributed by atoms with Crippen LogP contribution in [0, 0.1) is 5.82 Å². The molecule has 0 radical (unpaired) electrons. The molecule has 1 rings (SSSR count). The fourth-order valence-corrected chi connectivity index (χ4v) is 2.38. The molecule has 3 nitrogen and oxygen atoms in total. The van der Waals surface area contributed by atoms with Gasteiger partial charge in [-0.15, -0.1) is 0 Å². The average molecular weight is 296 g/mol. The van der Waals surface area contributed by atoms with Crippen LogP contribution in [0.5, 0.6) is 0 Å². The van der Waals surface area contributed by atoms with Gasteiger partial charge in [-0.05, 0) is 24.6 Å². The third-order valence-corrected chi connectivity index (χ3v) is 3.73. The topological polar surface area (TPSA) is 46.2 Å². The highest BCUT2D eigenvalue weighted by atomic mass is 79.9. The molecule has 15 heavy (non-hydrogen) atoms. The van der Waals surface area contributed by atoms with E-state index in [9.17, 15) is 12.8 Å². The van der Waals surface area contributed by atoms with E-state index >= 15 is 0 Å². The highest BCUT2D eigenvalue weighted by Crippen LogP contribution is 2.09. The molecule has 1 aromatic rings. The Morgan fingerprint density at radius 1 is 1.40 bits per heavy atom. The molecule has 1 aromatic carbocycles. The molecule has 0 heterocycles. The maximum atomic E-state index is 12.8. The van der Waals surface area contributed by atoms with E-state index in [1.165, 1.54) is 18.2 Å². The Balaban J connectivity index is 2.77. The smallest absolute Gasteiger partial charge is 0.211 e. The molecule has 0 unspecified atom stereocenters. The van der Waals surface area contributed by atoms with Crippen molar-refractivity contribution in [1.29, 1.82) is 0 Å². The van der Waals surface area contributed by atoms with Gasteiger partial charge in [0.05, 0.1) is 4.90 Å². The molecule has 1 N–H and O–H groups in total. The van der Waals surface area contributed by atoms with Crippen LogP contribution in [0.2, 0.25) is 0 Å². The molecule has 0 saturated heterocycles. The van der Waals surface area contributed by atoms with Crippen molar-refractivity contribution in [2.45, 2.75) is 11.3 Å². The number of hydrogen-bond donors (Lipinski definition) is 1. The van der Waals surface area contributed by atoms with Crippen LogP contribution in [0.1, 0.15) is 6.42 Å². The monoisotopic (exact) mass is 295 g/mol. The zero-order chi connectivity index (χ0) is 11.3. The van der Waals surface area contributed by atoms with Gasteiger partial charge in [0.25, 0.3) is 0 Å². The maximum Gasteiger partial charge on any atom is 0.240 e. The third-order valence-electron chi connectivity index (χ3n) is 1.71. The molecule has 0 aliphatic heterocycles. The van der Waals surface area contributed by atoms with Crippen molar-refractivity contribution in [2.24, 2.45) is 0 Å². The van der Waals surface area contributed by atoms with E-state index in [2.05, 4.69) is 20.7 Å². The summed E-state index contributed by atoms with van der Waals surface area (Å²) in [5.41, 5.74) is 0. The van der Waals surface area contributed by atoms with E-state index in [0.29, 0.717) is 13.0 Å². The zero-order valence-electron chi connectivity index (χ0n) is 7.91. The van der Waals surface area contributed by atoms with Crippen molar-refractivity contribution in [3.05, 3.63) is 30.1 Å². The van der Waals surface area contributed by atoms with Crippen LogP contribution in [0.15, 0.2) is 29.2 Å². The lowest BCUT2D eigenvalue weighted by atomic mass is 10.4. The van der Waals surface area contributed by atoms with Crippen molar-refractivity contribution in [3.63, 3.8) is 0 Å². The number of nitrogens with one attached hydrogen (secondary N) is 1. The Labute approximate surface area is 96.9 Å².